The highest BCUT2D eigenvalue weighted by Crippen LogP contribution is 2.24. The summed E-state index contributed by atoms with van der Waals surface area (Å²) in [6.45, 7) is 0.313. The van der Waals surface area contributed by atoms with Crippen molar-refractivity contribution in [1.82, 2.24) is 16.0 Å². The molecule has 0 saturated heterocycles. The Morgan fingerprint density at radius 2 is 1.87 bits per heavy atom. The highest BCUT2D eigenvalue weighted by Gasteiger charge is 2.22. The van der Waals surface area contributed by atoms with Gasteiger partial charge in [-0.15, -0.1) is 0 Å². The first-order chi connectivity index (χ1) is 11.1. The normalized spacial score (nSPS) is 14.3. The molecule has 3 N–H and O–H groups in total. The third kappa shape index (κ3) is 5.09. The molecule has 1 aliphatic rings. The Bertz CT molecular complexity index is 580. The van der Waals surface area contributed by atoms with Gasteiger partial charge in [0.1, 0.15) is 0 Å². The molecule has 0 bridgehead atoms. The Hall–Kier alpha value is -2.37. The van der Waals surface area contributed by atoms with Gasteiger partial charge in [0.25, 0.3) is 5.91 Å². The van der Waals surface area contributed by atoms with E-state index < -0.39 is 0 Å². The molecule has 1 fully saturated rings. The molecule has 23 heavy (non-hydrogen) atoms. The first-order valence-electron chi connectivity index (χ1n) is 7.95. The van der Waals surface area contributed by atoms with Crippen molar-refractivity contribution < 1.29 is 14.4 Å². The molecule has 6 nitrogen and oxygen atoms in total. The first kappa shape index (κ1) is 17.0. The van der Waals surface area contributed by atoms with Gasteiger partial charge < -0.3 is 16.0 Å². The lowest BCUT2D eigenvalue weighted by Crippen LogP contribution is -2.38. The van der Waals surface area contributed by atoms with E-state index in [9.17, 15) is 14.4 Å². The standard InChI is InChI=1S/C17H23N3O3/c1-18-16(22)14-8-4-5-12(9-14)10-19-15(21)11-20-17(23)13-6-2-3-7-13/h4-5,8-9,13H,2-3,6-7,10-11H2,1H3,(H,18,22)(H,19,21)(H,20,23). The van der Waals surface area contributed by atoms with E-state index in [1.807, 2.05) is 6.07 Å². The van der Waals surface area contributed by atoms with Gasteiger partial charge in [-0.25, -0.2) is 0 Å². The number of carbonyl (C=O) groups is 3. The number of amides is 3. The third-order valence-electron chi connectivity index (χ3n) is 4.06. The molecule has 0 aromatic heterocycles. The minimum Gasteiger partial charge on any atom is -0.355 e. The lowest BCUT2D eigenvalue weighted by atomic mass is 10.1. The van der Waals surface area contributed by atoms with Crippen LogP contribution in [0.3, 0.4) is 0 Å². The monoisotopic (exact) mass is 317 g/mol. The van der Waals surface area contributed by atoms with Crippen LogP contribution < -0.4 is 16.0 Å². The van der Waals surface area contributed by atoms with Crippen LogP contribution in [0.5, 0.6) is 0 Å². The zero-order valence-electron chi connectivity index (χ0n) is 13.4. The first-order valence-corrected chi connectivity index (χ1v) is 7.95. The highest BCUT2D eigenvalue weighted by atomic mass is 16.2. The Morgan fingerprint density at radius 1 is 1.13 bits per heavy atom. The van der Waals surface area contributed by atoms with Crippen molar-refractivity contribution >= 4 is 17.7 Å². The van der Waals surface area contributed by atoms with E-state index >= 15 is 0 Å². The molecule has 1 aromatic carbocycles. The molecule has 1 aliphatic carbocycles. The van der Waals surface area contributed by atoms with Gasteiger partial charge in [-0.2, -0.15) is 0 Å². The van der Waals surface area contributed by atoms with E-state index in [4.69, 9.17) is 0 Å². The number of carbonyl (C=O) groups excluding carboxylic acids is 3. The number of hydrogen-bond donors (Lipinski definition) is 3. The molecule has 0 aliphatic heterocycles. The third-order valence-corrected chi connectivity index (χ3v) is 4.06. The summed E-state index contributed by atoms with van der Waals surface area (Å²) in [5, 5.41) is 7.99. The minimum atomic E-state index is -0.235. The van der Waals surface area contributed by atoms with Gasteiger partial charge in [0, 0.05) is 25.1 Å². The topological polar surface area (TPSA) is 87.3 Å². The van der Waals surface area contributed by atoms with E-state index in [2.05, 4.69) is 16.0 Å². The van der Waals surface area contributed by atoms with Crippen molar-refractivity contribution in [2.24, 2.45) is 5.92 Å². The summed E-state index contributed by atoms with van der Waals surface area (Å²) in [7, 11) is 1.57. The quantitative estimate of drug-likeness (QED) is 0.730. The summed E-state index contributed by atoms with van der Waals surface area (Å²) in [5.74, 6) is -0.366. The molecule has 1 aromatic rings. The number of nitrogens with one attached hydrogen (secondary N) is 3. The van der Waals surface area contributed by atoms with E-state index in [-0.39, 0.29) is 30.2 Å². The van der Waals surface area contributed by atoms with E-state index in [0.717, 1.165) is 31.2 Å². The molecule has 3 amide bonds. The highest BCUT2D eigenvalue weighted by molar-refractivity contribution is 5.94. The van der Waals surface area contributed by atoms with E-state index in [0.29, 0.717) is 12.1 Å². The second-order valence-electron chi connectivity index (χ2n) is 5.76. The predicted molar refractivity (Wildman–Crippen MR) is 86.6 cm³/mol. The van der Waals surface area contributed by atoms with Crippen LogP contribution in [0.4, 0.5) is 0 Å². The van der Waals surface area contributed by atoms with Gasteiger partial charge in [0.15, 0.2) is 0 Å². The minimum absolute atomic E-state index is 0.00945. The van der Waals surface area contributed by atoms with E-state index in [1.54, 1.807) is 25.2 Å². The average Bonchev–Trinajstić information content (AvgIpc) is 3.12. The SMILES string of the molecule is CNC(=O)c1cccc(CNC(=O)CNC(=O)C2CCCC2)c1. The summed E-state index contributed by atoms with van der Waals surface area (Å²) in [6.07, 6.45) is 4.01. The Labute approximate surface area is 136 Å². The van der Waals surface area contributed by atoms with Crippen molar-refractivity contribution in [2.45, 2.75) is 32.2 Å². The van der Waals surface area contributed by atoms with Crippen LogP contribution >= 0.6 is 0 Å². The smallest absolute Gasteiger partial charge is 0.251 e. The van der Waals surface area contributed by atoms with Gasteiger partial charge in [0.05, 0.1) is 6.54 Å². The summed E-state index contributed by atoms with van der Waals surface area (Å²) >= 11 is 0. The Kier molecular flexibility index (Phi) is 6.14. The fourth-order valence-electron chi connectivity index (χ4n) is 2.73. The summed E-state index contributed by atoms with van der Waals surface area (Å²) in [4.78, 5) is 35.2. The summed E-state index contributed by atoms with van der Waals surface area (Å²) in [6, 6.07) is 7.06. The molecule has 1 saturated carbocycles. The second-order valence-corrected chi connectivity index (χ2v) is 5.76. The predicted octanol–water partition coefficient (Wildman–Crippen LogP) is 0.969. The van der Waals surface area contributed by atoms with Crippen molar-refractivity contribution in [2.75, 3.05) is 13.6 Å². The van der Waals surface area contributed by atoms with Crippen molar-refractivity contribution in [3.8, 4) is 0 Å². The fraction of sp³-hybridized carbons (Fsp3) is 0.471. The molecular formula is C17H23N3O3. The summed E-state index contributed by atoms with van der Waals surface area (Å²) < 4.78 is 0. The molecule has 0 heterocycles. The molecule has 0 radical (unpaired) electrons. The van der Waals surface area contributed by atoms with E-state index in [1.165, 1.54) is 0 Å². The zero-order chi connectivity index (χ0) is 16.7. The van der Waals surface area contributed by atoms with Crippen molar-refractivity contribution in [1.29, 1.82) is 0 Å². The van der Waals surface area contributed by atoms with Gasteiger partial charge in [0.2, 0.25) is 11.8 Å². The molecular weight excluding hydrogens is 294 g/mol. The average molecular weight is 317 g/mol. The fourth-order valence-corrected chi connectivity index (χ4v) is 2.73. The van der Waals surface area contributed by atoms with Gasteiger partial charge in [-0.05, 0) is 30.5 Å². The van der Waals surface area contributed by atoms with Crippen LogP contribution in [-0.4, -0.2) is 31.3 Å². The molecule has 0 spiro atoms. The van der Waals surface area contributed by atoms with Crippen LogP contribution in [0.25, 0.3) is 0 Å². The Morgan fingerprint density at radius 3 is 2.57 bits per heavy atom. The number of hydrogen-bond acceptors (Lipinski definition) is 3. The lowest BCUT2D eigenvalue weighted by Gasteiger charge is -2.11. The van der Waals surface area contributed by atoms with Gasteiger partial charge >= 0.3 is 0 Å². The van der Waals surface area contributed by atoms with Crippen molar-refractivity contribution in [3.63, 3.8) is 0 Å². The van der Waals surface area contributed by atoms with Crippen molar-refractivity contribution in [3.05, 3.63) is 35.4 Å². The van der Waals surface area contributed by atoms with Gasteiger partial charge in [-0.3, -0.25) is 14.4 Å². The van der Waals surface area contributed by atoms with Crippen LogP contribution in [-0.2, 0) is 16.1 Å². The lowest BCUT2D eigenvalue weighted by molar-refractivity contribution is -0.128. The number of benzene rings is 1. The maximum Gasteiger partial charge on any atom is 0.251 e. The summed E-state index contributed by atoms with van der Waals surface area (Å²) in [5.41, 5.74) is 1.38. The van der Waals surface area contributed by atoms with Gasteiger partial charge in [-0.1, -0.05) is 25.0 Å². The van der Waals surface area contributed by atoms with Crippen LogP contribution in [0.1, 0.15) is 41.6 Å². The Balaban J connectivity index is 1.75. The van der Waals surface area contributed by atoms with Crippen LogP contribution in [0, 0.1) is 5.92 Å². The largest absolute Gasteiger partial charge is 0.355 e. The molecule has 2 rings (SSSR count). The van der Waals surface area contributed by atoms with Crippen LogP contribution in [0.15, 0.2) is 24.3 Å². The number of rotatable bonds is 6. The van der Waals surface area contributed by atoms with Crippen LogP contribution in [0.2, 0.25) is 0 Å². The maximum absolute atomic E-state index is 11.8. The zero-order valence-corrected chi connectivity index (χ0v) is 13.4. The second kappa shape index (κ2) is 8.31. The molecule has 0 atom stereocenters. The molecule has 124 valence electrons. The molecule has 6 heteroatoms. The molecule has 0 unspecified atom stereocenters. The maximum atomic E-state index is 11.8.